The van der Waals surface area contributed by atoms with Gasteiger partial charge in [-0.1, -0.05) is 26.7 Å². The highest BCUT2D eigenvalue weighted by Crippen LogP contribution is 2.48. The Bertz CT molecular complexity index is 261. The van der Waals surface area contributed by atoms with Crippen molar-refractivity contribution in [2.45, 2.75) is 58.9 Å². The van der Waals surface area contributed by atoms with Crippen molar-refractivity contribution in [3.63, 3.8) is 0 Å². The molecule has 3 atom stereocenters. The van der Waals surface area contributed by atoms with Crippen molar-refractivity contribution >= 4 is 5.91 Å². The molecule has 2 heteroatoms. The predicted octanol–water partition coefficient (Wildman–Crippen LogP) is 2.73. The Morgan fingerprint density at radius 1 is 1.47 bits per heavy atom. The highest BCUT2D eigenvalue weighted by molar-refractivity contribution is 5.79. The standard InChI is InChI=1S/C13H23NO/c1-9(2)11-5-4-6-13(7-11)8-12(15)14-10(13)3/h9-11H,4-8H2,1-3H3,(H,14,15). The molecule has 2 fully saturated rings. The third-order valence-electron chi connectivity index (χ3n) is 4.67. The molecule has 0 bridgehead atoms. The quantitative estimate of drug-likeness (QED) is 0.707. The summed E-state index contributed by atoms with van der Waals surface area (Å²) in [5.74, 6) is 1.87. The van der Waals surface area contributed by atoms with Gasteiger partial charge in [-0.3, -0.25) is 4.79 Å². The van der Waals surface area contributed by atoms with Gasteiger partial charge in [-0.05, 0) is 37.0 Å². The lowest BCUT2D eigenvalue weighted by Gasteiger charge is -2.41. The molecular weight excluding hydrogens is 186 g/mol. The highest BCUT2D eigenvalue weighted by Gasteiger charge is 2.47. The smallest absolute Gasteiger partial charge is 0.220 e. The molecule has 0 aromatic carbocycles. The molecule has 1 aliphatic heterocycles. The van der Waals surface area contributed by atoms with Crippen molar-refractivity contribution in [2.75, 3.05) is 0 Å². The Morgan fingerprint density at radius 2 is 2.20 bits per heavy atom. The third-order valence-corrected chi connectivity index (χ3v) is 4.67. The van der Waals surface area contributed by atoms with E-state index < -0.39 is 0 Å². The maximum absolute atomic E-state index is 11.5. The molecule has 1 amide bonds. The Labute approximate surface area is 92.8 Å². The first-order chi connectivity index (χ1) is 7.03. The first-order valence-electron chi connectivity index (χ1n) is 6.33. The molecule has 0 aromatic rings. The van der Waals surface area contributed by atoms with Crippen molar-refractivity contribution in [1.29, 1.82) is 0 Å². The maximum atomic E-state index is 11.5. The summed E-state index contributed by atoms with van der Waals surface area (Å²) in [7, 11) is 0. The minimum atomic E-state index is 0.270. The van der Waals surface area contributed by atoms with Gasteiger partial charge in [0.2, 0.25) is 5.91 Å². The van der Waals surface area contributed by atoms with E-state index >= 15 is 0 Å². The van der Waals surface area contributed by atoms with E-state index in [0.29, 0.717) is 11.5 Å². The van der Waals surface area contributed by atoms with E-state index in [2.05, 4.69) is 26.1 Å². The van der Waals surface area contributed by atoms with Gasteiger partial charge in [0.1, 0.15) is 0 Å². The Morgan fingerprint density at radius 3 is 2.73 bits per heavy atom. The number of carbonyl (C=O) groups excluding carboxylic acids is 1. The highest BCUT2D eigenvalue weighted by atomic mass is 16.2. The van der Waals surface area contributed by atoms with Crippen LogP contribution in [0.1, 0.15) is 52.9 Å². The van der Waals surface area contributed by atoms with Gasteiger partial charge in [0.25, 0.3) is 0 Å². The van der Waals surface area contributed by atoms with Crippen LogP contribution in [0.5, 0.6) is 0 Å². The van der Waals surface area contributed by atoms with E-state index in [1.807, 2.05) is 0 Å². The molecule has 1 saturated heterocycles. The Hall–Kier alpha value is -0.530. The van der Waals surface area contributed by atoms with Crippen molar-refractivity contribution in [2.24, 2.45) is 17.3 Å². The molecule has 86 valence electrons. The van der Waals surface area contributed by atoms with Gasteiger partial charge in [0.15, 0.2) is 0 Å². The van der Waals surface area contributed by atoms with Gasteiger partial charge in [-0.2, -0.15) is 0 Å². The zero-order valence-corrected chi connectivity index (χ0v) is 10.2. The minimum Gasteiger partial charge on any atom is -0.353 e. The molecule has 1 spiro atoms. The lowest BCUT2D eigenvalue weighted by atomic mass is 9.63. The first kappa shape index (κ1) is 11.0. The molecule has 0 aromatic heterocycles. The molecule has 0 radical (unpaired) electrons. The summed E-state index contributed by atoms with van der Waals surface area (Å²) >= 11 is 0. The average molecular weight is 209 g/mol. The minimum absolute atomic E-state index is 0.270. The number of rotatable bonds is 1. The van der Waals surface area contributed by atoms with E-state index in [0.717, 1.165) is 18.3 Å². The van der Waals surface area contributed by atoms with Crippen LogP contribution in [0.4, 0.5) is 0 Å². The second kappa shape index (κ2) is 3.80. The van der Waals surface area contributed by atoms with Crippen LogP contribution >= 0.6 is 0 Å². The van der Waals surface area contributed by atoms with Crippen molar-refractivity contribution in [1.82, 2.24) is 5.32 Å². The van der Waals surface area contributed by atoms with Gasteiger partial charge in [0, 0.05) is 12.5 Å². The van der Waals surface area contributed by atoms with Crippen LogP contribution < -0.4 is 5.32 Å². The fourth-order valence-corrected chi connectivity index (χ4v) is 3.48. The van der Waals surface area contributed by atoms with Crippen molar-refractivity contribution < 1.29 is 4.79 Å². The third kappa shape index (κ3) is 1.91. The summed E-state index contributed by atoms with van der Waals surface area (Å²) in [6.07, 6.45) is 5.95. The zero-order valence-electron chi connectivity index (χ0n) is 10.2. The van der Waals surface area contributed by atoms with Crippen LogP contribution in [0, 0.1) is 17.3 Å². The van der Waals surface area contributed by atoms with Crippen LogP contribution in [0.3, 0.4) is 0 Å². The average Bonchev–Trinajstić information content (AvgIpc) is 2.41. The second-order valence-electron chi connectivity index (χ2n) is 5.93. The number of amides is 1. The Kier molecular flexibility index (Phi) is 2.78. The van der Waals surface area contributed by atoms with Crippen LogP contribution in [-0.4, -0.2) is 11.9 Å². The molecule has 2 aliphatic rings. The molecule has 1 N–H and O–H groups in total. The lowest BCUT2D eigenvalue weighted by Crippen LogP contribution is -2.39. The second-order valence-corrected chi connectivity index (χ2v) is 5.93. The van der Waals surface area contributed by atoms with E-state index in [1.165, 1.54) is 25.7 Å². The molecule has 1 heterocycles. The molecule has 1 saturated carbocycles. The topological polar surface area (TPSA) is 29.1 Å². The lowest BCUT2D eigenvalue weighted by molar-refractivity contribution is -0.120. The molecule has 3 unspecified atom stereocenters. The summed E-state index contributed by atoms with van der Waals surface area (Å²) in [4.78, 5) is 11.5. The van der Waals surface area contributed by atoms with Crippen LogP contribution in [0.15, 0.2) is 0 Å². The van der Waals surface area contributed by atoms with Gasteiger partial charge >= 0.3 is 0 Å². The largest absolute Gasteiger partial charge is 0.353 e. The first-order valence-corrected chi connectivity index (χ1v) is 6.33. The number of carbonyl (C=O) groups is 1. The summed E-state index contributed by atoms with van der Waals surface area (Å²) in [6.45, 7) is 6.82. The van der Waals surface area contributed by atoms with Gasteiger partial charge < -0.3 is 5.32 Å². The Balaban J connectivity index is 2.11. The van der Waals surface area contributed by atoms with E-state index in [4.69, 9.17) is 0 Å². The van der Waals surface area contributed by atoms with E-state index in [1.54, 1.807) is 0 Å². The van der Waals surface area contributed by atoms with E-state index in [9.17, 15) is 4.79 Å². The molecule has 1 aliphatic carbocycles. The van der Waals surface area contributed by atoms with Gasteiger partial charge in [-0.25, -0.2) is 0 Å². The number of hydrogen-bond acceptors (Lipinski definition) is 1. The normalized spacial score (nSPS) is 41.2. The van der Waals surface area contributed by atoms with Crippen molar-refractivity contribution in [3.8, 4) is 0 Å². The number of nitrogens with one attached hydrogen (secondary N) is 1. The van der Waals surface area contributed by atoms with Crippen LogP contribution in [0.25, 0.3) is 0 Å². The molecular formula is C13H23NO. The molecule has 15 heavy (non-hydrogen) atoms. The van der Waals surface area contributed by atoms with Crippen LogP contribution in [-0.2, 0) is 4.79 Å². The number of hydrogen-bond donors (Lipinski definition) is 1. The SMILES string of the molecule is CC(C)C1CCCC2(CC(=O)NC2C)C1. The van der Waals surface area contributed by atoms with Crippen LogP contribution in [0.2, 0.25) is 0 Å². The zero-order chi connectivity index (χ0) is 11.1. The fourth-order valence-electron chi connectivity index (χ4n) is 3.48. The fraction of sp³-hybridized carbons (Fsp3) is 0.923. The summed E-state index contributed by atoms with van der Waals surface area (Å²) in [5.41, 5.74) is 0.296. The van der Waals surface area contributed by atoms with Gasteiger partial charge in [0.05, 0.1) is 0 Å². The monoisotopic (exact) mass is 209 g/mol. The van der Waals surface area contributed by atoms with E-state index in [-0.39, 0.29) is 5.91 Å². The summed E-state index contributed by atoms with van der Waals surface area (Å²) in [6, 6.07) is 0.395. The van der Waals surface area contributed by atoms with Crippen molar-refractivity contribution in [3.05, 3.63) is 0 Å². The molecule has 2 rings (SSSR count). The molecule has 2 nitrogen and oxygen atoms in total. The predicted molar refractivity (Wildman–Crippen MR) is 61.5 cm³/mol. The summed E-state index contributed by atoms with van der Waals surface area (Å²) < 4.78 is 0. The van der Waals surface area contributed by atoms with Gasteiger partial charge in [-0.15, -0.1) is 0 Å². The summed E-state index contributed by atoms with van der Waals surface area (Å²) in [5, 5.41) is 3.10. The maximum Gasteiger partial charge on any atom is 0.220 e.